The van der Waals surface area contributed by atoms with Crippen LogP contribution in [0.25, 0.3) is 0 Å². The van der Waals surface area contributed by atoms with Gasteiger partial charge in [0.2, 0.25) is 5.91 Å². The molecule has 0 radical (unpaired) electrons. The van der Waals surface area contributed by atoms with Gasteiger partial charge in [-0.05, 0) is 26.8 Å². The van der Waals surface area contributed by atoms with Crippen LogP contribution < -0.4 is 0 Å². The van der Waals surface area contributed by atoms with Crippen molar-refractivity contribution in [3.63, 3.8) is 0 Å². The van der Waals surface area contributed by atoms with Crippen molar-refractivity contribution in [2.75, 3.05) is 13.1 Å². The number of aliphatic carboxylic acids is 1. The quantitative estimate of drug-likeness (QED) is 0.830. The first-order valence-electron chi connectivity index (χ1n) is 7.54. The number of carbonyl (C=O) groups excluding carboxylic acids is 2. The summed E-state index contributed by atoms with van der Waals surface area (Å²) in [6.07, 6.45) is -1.10. The molecule has 1 fully saturated rings. The van der Waals surface area contributed by atoms with Gasteiger partial charge in [0, 0.05) is 34.7 Å². The first-order valence-corrected chi connectivity index (χ1v) is 8.36. The van der Waals surface area contributed by atoms with E-state index in [0.717, 1.165) is 9.75 Å². The third-order valence-corrected chi connectivity index (χ3v) is 4.76. The molecule has 126 valence electrons. The highest BCUT2D eigenvalue weighted by Crippen LogP contribution is 2.22. The van der Waals surface area contributed by atoms with Crippen LogP contribution in [-0.4, -0.2) is 53.0 Å². The summed E-state index contributed by atoms with van der Waals surface area (Å²) >= 11 is 1.57. The zero-order chi connectivity index (χ0) is 17.1. The lowest BCUT2D eigenvalue weighted by Crippen LogP contribution is -2.51. The molecule has 0 bridgehead atoms. The van der Waals surface area contributed by atoms with E-state index in [9.17, 15) is 14.4 Å². The van der Waals surface area contributed by atoms with Crippen LogP contribution in [0, 0.1) is 13.8 Å². The average molecular weight is 339 g/mol. The number of rotatable bonds is 5. The molecule has 0 aromatic carbocycles. The first kappa shape index (κ1) is 17.6. The number of amides is 1. The molecule has 1 aromatic rings. The number of carboxylic acids is 1. The molecular formula is C16H21NO5S. The van der Waals surface area contributed by atoms with Crippen LogP contribution in [0.15, 0.2) is 6.07 Å². The molecule has 1 aromatic heterocycles. The second-order valence-electron chi connectivity index (χ2n) is 5.82. The predicted octanol–water partition coefficient (Wildman–Crippen LogP) is 2.03. The number of hydrogen-bond acceptors (Lipinski definition) is 5. The van der Waals surface area contributed by atoms with Crippen molar-refractivity contribution in [2.24, 2.45) is 0 Å². The number of thiophene rings is 1. The third kappa shape index (κ3) is 4.39. The minimum atomic E-state index is -1.07. The van der Waals surface area contributed by atoms with Gasteiger partial charge in [-0.1, -0.05) is 0 Å². The number of Topliss-reactive ketones (excluding diaryl/α,β-unsaturated/α-hetero) is 1. The number of ketones is 1. The van der Waals surface area contributed by atoms with Gasteiger partial charge in [-0.15, -0.1) is 11.3 Å². The van der Waals surface area contributed by atoms with Gasteiger partial charge in [-0.25, -0.2) is 4.79 Å². The molecule has 0 saturated carbocycles. The fourth-order valence-electron chi connectivity index (χ4n) is 2.71. The highest BCUT2D eigenvalue weighted by atomic mass is 32.1. The molecule has 23 heavy (non-hydrogen) atoms. The van der Waals surface area contributed by atoms with Crippen LogP contribution in [0.5, 0.6) is 0 Å². The number of carbonyl (C=O) groups is 3. The zero-order valence-electron chi connectivity index (χ0n) is 13.5. The van der Waals surface area contributed by atoms with E-state index in [1.54, 1.807) is 18.3 Å². The van der Waals surface area contributed by atoms with E-state index in [4.69, 9.17) is 9.84 Å². The second kappa shape index (κ2) is 7.23. The van der Waals surface area contributed by atoms with Crippen LogP contribution in [-0.2, 0) is 14.3 Å². The minimum Gasteiger partial charge on any atom is -0.479 e. The van der Waals surface area contributed by atoms with Crippen molar-refractivity contribution >= 4 is 29.0 Å². The summed E-state index contributed by atoms with van der Waals surface area (Å²) in [7, 11) is 0. The Labute approximate surface area is 139 Å². The molecule has 2 rings (SSSR count). The van der Waals surface area contributed by atoms with Gasteiger partial charge < -0.3 is 14.7 Å². The van der Waals surface area contributed by atoms with E-state index in [0.29, 0.717) is 12.1 Å². The second-order valence-corrected chi connectivity index (χ2v) is 7.28. The van der Waals surface area contributed by atoms with Crippen molar-refractivity contribution < 1.29 is 24.2 Å². The lowest BCUT2D eigenvalue weighted by Gasteiger charge is -2.35. The maximum absolute atomic E-state index is 12.3. The SMILES string of the molecule is Cc1cc(C(=O)CCC(=O)N2CC(C(=O)O)O[C@H](C)C2)c(C)s1. The van der Waals surface area contributed by atoms with E-state index >= 15 is 0 Å². The Morgan fingerprint density at radius 2 is 2.00 bits per heavy atom. The molecule has 2 atom stereocenters. The molecule has 0 aliphatic carbocycles. The van der Waals surface area contributed by atoms with Crippen LogP contribution in [0.2, 0.25) is 0 Å². The smallest absolute Gasteiger partial charge is 0.334 e. The van der Waals surface area contributed by atoms with Crippen LogP contribution >= 0.6 is 11.3 Å². The highest BCUT2D eigenvalue weighted by Gasteiger charge is 2.32. The van der Waals surface area contributed by atoms with Crippen LogP contribution in [0.4, 0.5) is 0 Å². The predicted molar refractivity (Wildman–Crippen MR) is 85.9 cm³/mol. The Bertz CT molecular complexity index is 624. The minimum absolute atomic E-state index is 0.0310. The van der Waals surface area contributed by atoms with Crippen molar-refractivity contribution in [3.8, 4) is 0 Å². The van der Waals surface area contributed by atoms with E-state index in [1.165, 1.54) is 4.90 Å². The topological polar surface area (TPSA) is 83.9 Å². The van der Waals surface area contributed by atoms with E-state index < -0.39 is 12.1 Å². The molecule has 1 N–H and O–H groups in total. The van der Waals surface area contributed by atoms with Gasteiger partial charge in [0.25, 0.3) is 0 Å². The van der Waals surface area contributed by atoms with E-state index in [2.05, 4.69) is 0 Å². The fraction of sp³-hybridized carbons (Fsp3) is 0.562. The zero-order valence-corrected chi connectivity index (χ0v) is 14.3. The Morgan fingerprint density at radius 3 is 2.57 bits per heavy atom. The van der Waals surface area contributed by atoms with Gasteiger partial charge in [-0.2, -0.15) is 0 Å². The summed E-state index contributed by atoms with van der Waals surface area (Å²) in [5, 5.41) is 9.04. The number of carboxylic acid groups (broad SMARTS) is 1. The molecule has 1 amide bonds. The molecule has 1 aliphatic heterocycles. The Morgan fingerprint density at radius 1 is 1.30 bits per heavy atom. The summed E-state index contributed by atoms with van der Waals surface area (Å²) < 4.78 is 5.28. The standard InChI is InChI=1S/C16H21NO5S/c1-9-7-17(8-14(22-9)16(20)21)15(19)5-4-13(18)12-6-10(2)23-11(12)3/h6,9,14H,4-5,7-8H2,1-3H3,(H,20,21)/t9-,14?/m1/s1. The van der Waals surface area contributed by atoms with Crippen LogP contribution in [0.1, 0.15) is 39.9 Å². The summed E-state index contributed by atoms with van der Waals surface area (Å²) in [5.74, 6) is -1.32. The summed E-state index contributed by atoms with van der Waals surface area (Å²) in [6, 6.07) is 1.85. The summed E-state index contributed by atoms with van der Waals surface area (Å²) in [5.41, 5.74) is 0.680. The van der Waals surface area contributed by atoms with Gasteiger partial charge >= 0.3 is 5.97 Å². The average Bonchev–Trinajstić information content (AvgIpc) is 2.82. The van der Waals surface area contributed by atoms with Gasteiger partial charge in [0.1, 0.15) is 0 Å². The highest BCUT2D eigenvalue weighted by molar-refractivity contribution is 7.12. The Kier molecular flexibility index (Phi) is 5.54. The van der Waals surface area contributed by atoms with Crippen molar-refractivity contribution in [3.05, 3.63) is 21.4 Å². The fourth-order valence-corrected chi connectivity index (χ4v) is 3.65. The molecule has 2 heterocycles. The van der Waals surface area contributed by atoms with Gasteiger partial charge in [0.15, 0.2) is 11.9 Å². The molecule has 1 saturated heterocycles. The number of ether oxygens (including phenoxy) is 1. The molecule has 7 heteroatoms. The number of morpholine rings is 1. The van der Waals surface area contributed by atoms with Crippen molar-refractivity contribution in [1.29, 1.82) is 0 Å². The van der Waals surface area contributed by atoms with Gasteiger partial charge in [-0.3, -0.25) is 9.59 Å². The largest absolute Gasteiger partial charge is 0.479 e. The van der Waals surface area contributed by atoms with Crippen molar-refractivity contribution in [2.45, 2.75) is 45.8 Å². The molecular weight excluding hydrogens is 318 g/mol. The molecule has 1 unspecified atom stereocenters. The Balaban J connectivity index is 1.92. The number of hydrogen-bond donors (Lipinski definition) is 1. The lowest BCUT2D eigenvalue weighted by molar-refractivity contribution is -0.166. The molecule has 0 spiro atoms. The third-order valence-electron chi connectivity index (χ3n) is 3.80. The lowest BCUT2D eigenvalue weighted by atomic mass is 10.1. The normalized spacial score (nSPS) is 21.3. The van der Waals surface area contributed by atoms with E-state index in [1.807, 2.05) is 19.9 Å². The number of aryl methyl sites for hydroxylation is 2. The molecule has 1 aliphatic rings. The summed E-state index contributed by atoms with van der Waals surface area (Å²) in [6.45, 7) is 5.96. The van der Waals surface area contributed by atoms with Gasteiger partial charge in [0.05, 0.1) is 12.6 Å². The molecule has 6 nitrogen and oxygen atoms in total. The maximum Gasteiger partial charge on any atom is 0.334 e. The maximum atomic E-state index is 12.3. The summed E-state index contributed by atoms with van der Waals surface area (Å²) in [4.78, 5) is 39.0. The first-order chi connectivity index (χ1) is 10.8. The Hall–Kier alpha value is -1.73. The van der Waals surface area contributed by atoms with Crippen molar-refractivity contribution in [1.82, 2.24) is 4.90 Å². The van der Waals surface area contributed by atoms with E-state index in [-0.39, 0.29) is 37.2 Å². The van der Waals surface area contributed by atoms with Crippen LogP contribution in [0.3, 0.4) is 0 Å². The number of nitrogens with zero attached hydrogens (tertiary/aromatic N) is 1. The monoisotopic (exact) mass is 339 g/mol.